The fourth-order valence-electron chi connectivity index (χ4n) is 3.07. The van der Waals surface area contributed by atoms with Gasteiger partial charge in [-0.25, -0.2) is 4.68 Å². The summed E-state index contributed by atoms with van der Waals surface area (Å²) in [6.07, 6.45) is 5.77. The van der Waals surface area contributed by atoms with Gasteiger partial charge in [0.25, 0.3) is 0 Å². The number of para-hydroxylation sites is 1. The maximum atomic E-state index is 12.1. The Kier molecular flexibility index (Phi) is 5.48. The molecule has 0 saturated carbocycles. The molecule has 1 saturated heterocycles. The van der Waals surface area contributed by atoms with Gasteiger partial charge in [0.1, 0.15) is 6.04 Å². The summed E-state index contributed by atoms with van der Waals surface area (Å²) in [6, 6.07) is 9.64. The number of amides is 2. The molecule has 132 valence electrons. The highest BCUT2D eigenvalue weighted by molar-refractivity contribution is 5.88. The smallest absolute Gasteiger partial charge is 0.242 e. The summed E-state index contributed by atoms with van der Waals surface area (Å²) in [7, 11) is 0. The van der Waals surface area contributed by atoms with Crippen molar-refractivity contribution >= 4 is 11.8 Å². The molecule has 2 N–H and O–H groups in total. The molecule has 25 heavy (non-hydrogen) atoms. The molecule has 0 radical (unpaired) electrons. The molecule has 0 spiro atoms. The minimum absolute atomic E-state index is 0.0321. The molecule has 3 rings (SSSR count). The van der Waals surface area contributed by atoms with Gasteiger partial charge in [0.15, 0.2) is 0 Å². The Morgan fingerprint density at radius 3 is 2.92 bits per heavy atom. The third-order valence-corrected chi connectivity index (χ3v) is 4.49. The van der Waals surface area contributed by atoms with Gasteiger partial charge in [0.2, 0.25) is 11.8 Å². The number of aryl methyl sites for hydroxylation is 2. The number of carbonyl (C=O) groups is 2. The maximum absolute atomic E-state index is 12.1. The zero-order valence-electron chi connectivity index (χ0n) is 14.5. The Labute approximate surface area is 147 Å². The minimum Gasteiger partial charge on any atom is -0.354 e. The van der Waals surface area contributed by atoms with Gasteiger partial charge in [-0.2, -0.15) is 5.10 Å². The van der Waals surface area contributed by atoms with E-state index in [1.54, 1.807) is 0 Å². The van der Waals surface area contributed by atoms with Crippen LogP contribution in [0.15, 0.2) is 36.5 Å². The van der Waals surface area contributed by atoms with E-state index in [1.165, 1.54) is 5.56 Å². The second kappa shape index (κ2) is 7.96. The predicted octanol–water partition coefficient (Wildman–Crippen LogP) is 1.90. The van der Waals surface area contributed by atoms with Crippen LogP contribution in [0.1, 0.15) is 36.9 Å². The lowest BCUT2D eigenvalue weighted by molar-refractivity contribution is -0.130. The molecule has 0 unspecified atom stereocenters. The van der Waals surface area contributed by atoms with Crippen molar-refractivity contribution in [3.63, 3.8) is 0 Å². The molecule has 2 amide bonds. The van der Waals surface area contributed by atoms with Crippen LogP contribution in [-0.4, -0.2) is 34.2 Å². The van der Waals surface area contributed by atoms with E-state index in [0.717, 1.165) is 37.1 Å². The molecule has 1 aliphatic heterocycles. The molecule has 0 bridgehead atoms. The van der Waals surface area contributed by atoms with Gasteiger partial charge in [-0.15, -0.1) is 0 Å². The van der Waals surface area contributed by atoms with E-state index >= 15 is 0 Å². The van der Waals surface area contributed by atoms with Crippen LogP contribution >= 0.6 is 0 Å². The van der Waals surface area contributed by atoms with Crippen molar-refractivity contribution in [3.8, 4) is 5.69 Å². The van der Waals surface area contributed by atoms with Crippen molar-refractivity contribution in [1.29, 1.82) is 0 Å². The molecule has 2 aromatic rings. The van der Waals surface area contributed by atoms with Gasteiger partial charge in [-0.1, -0.05) is 18.2 Å². The molecular formula is C19H24N4O2. The fraction of sp³-hybridized carbons (Fsp3) is 0.421. The molecule has 1 atom stereocenters. The van der Waals surface area contributed by atoms with Crippen LogP contribution < -0.4 is 10.6 Å². The number of nitrogens with zero attached hydrogens (tertiary/aromatic N) is 2. The van der Waals surface area contributed by atoms with Crippen LogP contribution in [0.5, 0.6) is 0 Å². The number of nitrogens with one attached hydrogen (secondary N) is 2. The molecule has 1 aromatic carbocycles. The maximum Gasteiger partial charge on any atom is 0.242 e. The molecular weight excluding hydrogens is 316 g/mol. The van der Waals surface area contributed by atoms with E-state index in [0.29, 0.717) is 13.0 Å². The highest BCUT2D eigenvalue weighted by Crippen LogP contribution is 2.13. The molecule has 6 heteroatoms. The quantitative estimate of drug-likeness (QED) is 0.789. The summed E-state index contributed by atoms with van der Waals surface area (Å²) in [6.45, 7) is 2.60. The number of benzene rings is 1. The minimum atomic E-state index is -0.371. The Morgan fingerprint density at radius 1 is 1.36 bits per heavy atom. The third kappa shape index (κ3) is 4.47. The van der Waals surface area contributed by atoms with Crippen molar-refractivity contribution in [3.05, 3.63) is 47.8 Å². The van der Waals surface area contributed by atoms with Gasteiger partial charge in [-0.05, 0) is 50.3 Å². The summed E-state index contributed by atoms with van der Waals surface area (Å²) >= 11 is 0. The first-order valence-corrected chi connectivity index (χ1v) is 8.81. The van der Waals surface area contributed by atoms with Crippen molar-refractivity contribution < 1.29 is 9.59 Å². The standard InChI is InChI=1S/C19H24N4O2/c1-14-15(13-23(22-14)16-8-3-2-4-9-16)7-6-12-20-19(25)17-10-5-11-18(24)21-17/h2-4,8-9,13,17H,5-7,10-12H2,1H3,(H,20,25)(H,21,24)/t17-/m1/s1. The third-order valence-electron chi connectivity index (χ3n) is 4.49. The second-order valence-electron chi connectivity index (χ2n) is 6.43. The SMILES string of the molecule is Cc1nn(-c2ccccc2)cc1CCCNC(=O)[C@H]1CCCC(=O)N1. The van der Waals surface area contributed by atoms with Crippen LogP contribution in [0.25, 0.3) is 5.69 Å². The molecule has 1 aliphatic rings. The zero-order chi connectivity index (χ0) is 17.6. The largest absolute Gasteiger partial charge is 0.354 e. The molecule has 6 nitrogen and oxygen atoms in total. The number of aromatic nitrogens is 2. The first-order valence-electron chi connectivity index (χ1n) is 8.81. The van der Waals surface area contributed by atoms with Gasteiger partial charge < -0.3 is 10.6 Å². The topological polar surface area (TPSA) is 76.0 Å². The van der Waals surface area contributed by atoms with Gasteiger partial charge in [0.05, 0.1) is 11.4 Å². The van der Waals surface area contributed by atoms with Gasteiger partial charge in [-0.3, -0.25) is 9.59 Å². The first kappa shape index (κ1) is 17.2. The van der Waals surface area contributed by atoms with E-state index in [-0.39, 0.29) is 17.9 Å². The van der Waals surface area contributed by atoms with Gasteiger partial charge in [0, 0.05) is 19.2 Å². The average Bonchev–Trinajstić information content (AvgIpc) is 3.00. The fourth-order valence-corrected chi connectivity index (χ4v) is 3.07. The number of hydrogen-bond donors (Lipinski definition) is 2. The van der Waals surface area contributed by atoms with E-state index in [1.807, 2.05) is 48.1 Å². The van der Waals surface area contributed by atoms with E-state index < -0.39 is 0 Å². The molecule has 2 heterocycles. The van der Waals surface area contributed by atoms with E-state index in [9.17, 15) is 9.59 Å². The normalized spacial score (nSPS) is 17.2. The average molecular weight is 340 g/mol. The van der Waals surface area contributed by atoms with Crippen LogP contribution in [-0.2, 0) is 16.0 Å². The summed E-state index contributed by atoms with van der Waals surface area (Å²) in [5.74, 6) is -0.111. The number of carbonyl (C=O) groups excluding carboxylic acids is 2. The summed E-state index contributed by atoms with van der Waals surface area (Å²) in [4.78, 5) is 23.4. The summed E-state index contributed by atoms with van der Waals surface area (Å²) < 4.78 is 1.89. The lowest BCUT2D eigenvalue weighted by atomic mass is 10.0. The lowest BCUT2D eigenvalue weighted by Gasteiger charge is -2.22. The predicted molar refractivity (Wildman–Crippen MR) is 95.4 cm³/mol. The van der Waals surface area contributed by atoms with Crippen LogP contribution in [0.4, 0.5) is 0 Å². The van der Waals surface area contributed by atoms with Crippen LogP contribution in [0.2, 0.25) is 0 Å². The Morgan fingerprint density at radius 2 is 2.16 bits per heavy atom. The van der Waals surface area contributed by atoms with Crippen molar-refractivity contribution in [2.75, 3.05) is 6.54 Å². The van der Waals surface area contributed by atoms with E-state index in [4.69, 9.17) is 0 Å². The lowest BCUT2D eigenvalue weighted by Crippen LogP contribution is -2.49. The zero-order valence-corrected chi connectivity index (χ0v) is 14.5. The highest BCUT2D eigenvalue weighted by atomic mass is 16.2. The van der Waals surface area contributed by atoms with E-state index in [2.05, 4.69) is 15.7 Å². The highest BCUT2D eigenvalue weighted by Gasteiger charge is 2.23. The van der Waals surface area contributed by atoms with Crippen molar-refractivity contribution in [2.45, 2.75) is 45.1 Å². The summed E-state index contributed by atoms with van der Waals surface area (Å²) in [5, 5.41) is 10.2. The second-order valence-corrected chi connectivity index (χ2v) is 6.43. The Hall–Kier alpha value is -2.63. The molecule has 1 aromatic heterocycles. The van der Waals surface area contributed by atoms with Crippen molar-refractivity contribution in [2.24, 2.45) is 0 Å². The van der Waals surface area contributed by atoms with Gasteiger partial charge >= 0.3 is 0 Å². The summed E-state index contributed by atoms with van der Waals surface area (Å²) in [5.41, 5.74) is 3.23. The number of hydrogen-bond acceptors (Lipinski definition) is 3. The first-order chi connectivity index (χ1) is 12.1. The van der Waals surface area contributed by atoms with Crippen molar-refractivity contribution in [1.82, 2.24) is 20.4 Å². The number of piperidine rings is 1. The Balaban J connectivity index is 1.47. The van der Waals surface area contributed by atoms with Crippen LogP contribution in [0, 0.1) is 6.92 Å². The van der Waals surface area contributed by atoms with Crippen LogP contribution in [0.3, 0.4) is 0 Å². The Bertz CT molecular complexity index is 739. The monoisotopic (exact) mass is 340 g/mol. The molecule has 0 aliphatic carbocycles. The molecule has 1 fully saturated rings. The number of rotatable bonds is 6.